The van der Waals surface area contributed by atoms with Crippen LogP contribution in [0.25, 0.3) is 0 Å². The Balaban J connectivity index is 5.26. The van der Waals surface area contributed by atoms with Crippen LogP contribution in [-0.4, -0.2) is 96.7 Å². The maximum absolute atomic E-state index is 13.1. The molecule has 0 aromatic rings. The predicted molar refractivity (Wildman–Crippen MR) is 391 cm³/mol. The van der Waals surface area contributed by atoms with Crippen molar-refractivity contribution in [3.05, 3.63) is 0 Å². The molecule has 19 heteroatoms. The fourth-order valence-electron chi connectivity index (χ4n) is 11.7. The summed E-state index contributed by atoms with van der Waals surface area (Å²) in [6.07, 6.45) is 51.3. The lowest BCUT2D eigenvalue weighted by atomic mass is 9.99. The van der Waals surface area contributed by atoms with Crippen LogP contribution in [0.15, 0.2) is 0 Å². The molecular weight excluding hydrogens is 1260 g/mol. The molecule has 17 nitrogen and oxygen atoms in total. The zero-order valence-corrected chi connectivity index (χ0v) is 64.8. The van der Waals surface area contributed by atoms with Crippen molar-refractivity contribution in [3.63, 3.8) is 0 Å². The Bertz CT molecular complexity index is 1890. The molecule has 0 radical (unpaired) electrons. The van der Waals surface area contributed by atoms with Crippen molar-refractivity contribution in [1.82, 2.24) is 0 Å². The van der Waals surface area contributed by atoms with E-state index in [1.807, 2.05) is 0 Å². The summed E-state index contributed by atoms with van der Waals surface area (Å²) < 4.78 is 68.6. The number of esters is 4. The minimum Gasteiger partial charge on any atom is -0.462 e. The van der Waals surface area contributed by atoms with Crippen LogP contribution >= 0.6 is 15.6 Å². The molecule has 0 heterocycles. The average molecular weight is 1410 g/mol. The van der Waals surface area contributed by atoms with Crippen molar-refractivity contribution in [2.75, 3.05) is 39.6 Å². The van der Waals surface area contributed by atoms with Gasteiger partial charge in [0.1, 0.15) is 19.3 Å². The zero-order chi connectivity index (χ0) is 71.0. The van der Waals surface area contributed by atoms with E-state index in [2.05, 4.69) is 55.4 Å². The van der Waals surface area contributed by atoms with E-state index in [0.29, 0.717) is 31.6 Å². The van der Waals surface area contributed by atoms with E-state index < -0.39 is 97.5 Å². The first-order chi connectivity index (χ1) is 46.1. The monoisotopic (exact) mass is 1410 g/mol. The predicted octanol–water partition coefficient (Wildman–Crippen LogP) is 22.4. The highest BCUT2D eigenvalue weighted by Gasteiger charge is 2.30. The third-order valence-corrected chi connectivity index (χ3v) is 20.1. The Hall–Kier alpha value is -1.94. The standard InChI is InChI=1S/C77H150O17P2/c1-9-70(8)56-48-40-32-24-20-21-27-35-44-52-60-77(82)94-73(64-88-75(80)58-50-42-36-28-31-39-47-55-69(6)7)66-92-96(85,86)90-62-71(78)61-89-95(83,84)91-65-72(63-87-74(79)57-49-41-33-25-18-15-14-17-23-30-38-46-54-68(4)5)93-76(81)59-51-43-34-26-19-13-11-10-12-16-22-29-37-45-53-67(2)3/h67-73,78H,9-66H2,1-8H3,(H,83,84)(H,85,86)/t70?,71?,72-,73-/m1/s1. The van der Waals surface area contributed by atoms with Crippen LogP contribution < -0.4 is 0 Å². The van der Waals surface area contributed by atoms with E-state index in [-0.39, 0.29) is 25.7 Å². The van der Waals surface area contributed by atoms with Gasteiger partial charge in [0.25, 0.3) is 0 Å². The van der Waals surface area contributed by atoms with E-state index >= 15 is 0 Å². The largest absolute Gasteiger partial charge is 0.472 e. The molecule has 0 saturated heterocycles. The summed E-state index contributed by atoms with van der Waals surface area (Å²) in [5.74, 6) is 0.965. The van der Waals surface area contributed by atoms with Gasteiger partial charge in [0.2, 0.25) is 0 Å². The lowest BCUT2D eigenvalue weighted by molar-refractivity contribution is -0.161. The van der Waals surface area contributed by atoms with Gasteiger partial charge in [0, 0.05) is 25.7 Å². The molecule has 0 aromatic carbocycles. The van der Waals surface area contributed by atoms with E-state index in [0.717, 1.165) is 114 Å². The zero-order valence-electron chi connectivity index (χ0n) is 63.0. The van der Waals surface area contributed by atoms with Crippen molar-refractivity contribution in [3.8, 4) is 0 Å². The highest BCUT2D eigenvalue weighted by atomic mass is 31.2. The fourth-order valence-corrected chi connectivity index (χ4v) is 13.3. The van der Waals surface area contributed by atoms with Gasteiger partial charge in [0.15, 0.2) is 12.2 Å². The van der Waals surface area contributed by atoms with Crippen molar-refractivity contribution < 1.29 is 80.2 Å². The van der Waals surface area contributed by atoms with Gasteiger partial charge in [-0.2, -0.15) is 0 Å². The Labute approximate surface area is 588 Å². The van der Waals surface area contributed by atoms with Crippen molar-refractivity contribution in [1.29, 1.82) is 0 Å². The quantitative estimate of drug-likeness (QED) is 0.0222. The molecule has 0 aromatic heterocycles. The molecule has 96 heavy (non-hydrogen) atoms. The van der Waals surface area contributed by atoms with Crippen LogP contribution in [0.4, 0.5) is 0 Å². The maximum atomic E-state index is 13.1. The van der Waals surface area contributed by atoms with Crippen LogP contribution in [0.1, 0.15) is 389 Å². The maximum Gasteiger partial charge on any atom is 0.472 e. The van der Waals surface area contributed by atoms with E-state index in [4.69, 9.17) is 37.0 Å². The van der Waals surface area contributed by atoms with Gasteiger partial charge in [-0.05, 0) is 49.4 Å². The van der Waals surface area contributed by atoms with Crippen LogP contribution in [0, 0.1) is 23.7 Å². The Kier molecular flexibility index (Phi) is 65.0. The number of rotatable bonds is 74. The second-order valence-electron chi connectivity index (χ2n) is 29.4. The van der Waals surface area contributed by atoms with E-state index in [9.17, 15) is 43.2 Å². The highest BCUT2D eigenvalue weighted by molar-refractivity contribution is 7.47. The Morgan fingerprint density at radius 2 is 0.500 bits per heavy atom. The molecule has 0 spiro atoms. The number of ether oxygens (including phenoxy) is 4. The number of phosphoric ester groups is 2. The summed E-state index contributed by atoms with van der Waals surface area (Å²) in [6.45, 7) is 14.2. The van der Waals surface area contributed by atoms with E-state index in [1.54, 1.807) is 0 Å². The van der Waals surface area contributed by atoms with Crippen LogP contribution in [0.5, 0.6) is 0 Å². The first-order valence-corrected chi connectivity index (χ1v) is 42.7. The smallest absolute Gasteiger partial charge is 0.462 e. The highest BCUT2D eigenvalue weighted by Crippen LogP contribution is 2.45. The van der Waals surface area contributed by atoms with Crippen LogP contribution in [0.3, 0.4) is 0 Å². The van der Waals surface area contributed by atoms with Gasteiger partial charge in [-0.1, -0.05) is 338 Å². The van der Waals surface area contributed by atoms with Gasteiger partial charge in [-0.15, -0.1) is 0 Å². The lowest BCUT2D eigenvalue weighted by Crippen LogP contribution is -2.30. The summed E-state index contributed by atoms with van der Waals surface area (Å²) in [5.41, 5.74) is 0. The third-order valence-electron chi connectivity index (χ3n) is 18.2. The summed E-state index contributed by atoms with van der Waals surface area (Å²) >= 11 is 0. The van der Waals surface area contributed by atoms with Gasteiger partial charge in [-0.3, -0.25) is 37.3 Å². The Morgan fingerprint density at radius 1 is 0.292 bits per heavy atom. The molecule has 4 unspecified atom stereocenters. The first kappa shape index (κ1) is 94.1. The molecule has 0 rings (SSSR count). The van der Waals surface area contributed by atoms with Crippen molar-refractivity contribution >= 4 is 39.5 Å². The third kappa shape index (κ3) is 69.2. The molecule has 0 fully saturated rings. The summed E-state index contributed by atoms with van der Waals surface area (Å²) in [7, 11) is -9.92. The number of carbonyl (C=O) groups excluding carboxylic acids is 4. The minimum atomic E-state index is -4.96. The number of carbonyl (C=O) groups is 4. The topological polar surface area (TPSA) is 237 Å². The number of phosphoric acid groups is 2. The number of hydrogen-bond donors (Lipinski definition) is 3. The molecule has 0 amide bonds. The molecular formula is C77H150O17P2. The van der Waals surface area contributed by atoms with Crippen LogP contribution in [-0.2, 0) is 65.4 Å². The second-order valence-corrected chi connectivity index (χ2v) is 32.3. The summed E-state index contributed by atoms with van der Waals surface area (Å²) in [5, 5.41) is 10.6. The molecule has 570 valence electrons. The molecule has 0 aliphatic carbocycles. The van der Waals surface area contributed by atoms with Gasteiger partial charge in [0.05, 0.1) is 26.4 Å². The fraction of sp³-hybridized carbons (Fsp3) is 0.948. The number of aliphatic hydroxyl groups is 1. The number of unbranched alkanes of at least 4 members (excludes halogenated alkanes) is 39. The van der Waals surface area contributed by atoms with Crippen molar-refractivity contribution in [2.45, 2.75) is 408 Å². The van der Waals surface area contributed by atoms with E-state index in [1.165, 1.54) is 186 Å². The normalized spacial score (nSPS) is 14.4. The van der Waals surface area contributed by atoms with Crippen molar-refractivity contribution in [2.24, 2.45) is 23.7 Å². The number of aliphatic hydroxyl groups excluding tert-OH is 1. The SMILES string of the molecule is CCC(C)CCCCCCCCCCCCC(=O)O[C@H](COC(=O)CCCCCCCCCC(C)C)COP(=O)(O)OCC(O)COP(=O)(O)OC[C@@H](COC(=O)CCCCCCCCCCCCCCC(C)C)OC(=O)CCCCCCCCCCCCCCCCC(C)C. The molecule has 0 aliphatic heterocycles. The lowest BCUT2D eigenvalue weighted by Gasteiger charge is -2.21. The van der Waals surface area contributed by atoms with Gasteiger partial charge in [-0.25, -0.2) is 9.13 Å². The summed E-state index contributed by atoms with van der Waals surface area (Å²) in [4.78, 5) is 72.9. The summed E-state index contributed by atoms with van der Waals surface area (Å²) in [6, 6.07) is 0. The average Bonchev–Trinajstić information content (AvgIpc) is 1.15. The molecule has 0 saturated carbocycles. The Morgan fingerprint density at radius 3 is 0.740 bits per heavy atom. The second kappa shape index (κ2) is 66.3. The molecule has 3 N–H and O–H groups in total. The van der Waals surface area contributed by atoms with Crippen LogP contribution in [0.2, 0.25) is 0 Å². The van der Waals surface area contributed by atoms with Gasteiger partial charge >= 0.3 is 39.5 Å². The molecule has 0 aliphatic rings. The van der Waals surface area contributed by atoms with Gasteiger partial charge < -0.3 is 33.8 Å². The molecule has 0 bridgehead atoms. The number of hydrogen-bond acceptors (Lipinski definition) is 15. The molecule has 6 atom stereocenters. The minimum absolute atomic E-state index is 0.105. The first-order valence-electron chi connectivity index (χ1n) is 39.7.